The van der Waals surface area contributed by atoms with Crippen LogP contribution in [0.3, 0.4) is 0 Å². The molecule has 18 heavy (non-hydrogen) atoms. The van der Waals surface area contributed by atoms with E-state index in [9.17, 15) is 10.2 Å². The minimum Gasteiger partial charge on any atom is -0.508 e. The number of nitrogens with zero attached hydrogens (tertiary/aromatic N) is 2. The van der Waals surface area contributed by atoms with Gasteiger partial charge in [0.15, 0.2) is 0 Å². The predicted octanol–water partition coefficient (Wildman–Crippen LogP) is 3.18. The third-order valence-corrected chi connectivity index (χ3v) is 3.29. The zero-order chi connectivity index (χ0) is 12.7. The van der Waals surface area contributed by atoms with E-state index in [0.717, 1.165) is 16.9 Å². The van der Waals surface area contributed by atoms with Crippen LogP contribution in [0.4, 0.5) is 0 Å². The molecule has 0 aliphatic heterocycles. The Bertz CT molecular complexity index is 720. The van der Waals surface area contributed by atoms with E-state index in [1.807, 2.05) is 4.40 Å². The SMILES string of the molecule is Oc1ccc(-c2nc(Br)c3cc(O)ccn23)cc1. The van der Waals surface area contributed by atoms with Crippen LogP contribution < -0.4 is 0 Å². The minimum atomic E-state index is 0.195. The lowest BCUT2D eigenvalue weighted by atomic mass is 10.2. The van der Waals surface area contributed by atoms with E-state index in [1.165, 1.54) is 0 Å². The van der Waals surface area contributed by atoms with Gasteiger partial charge in [-0.25, -0.2) is 4.98 Å². The van der Waals surface area contributed by atoms with E-state index in [1.54, 1.807) is 42.6 Å². The number of rotatable bonds is 1. The molecule has 0 aliphatic carbocycles. The molecule has 0 atom stereocenters. The third kappa shape index (κ3) is 1.73. The van der Waals surface area contributed by atoms with Crippen molar-refractivity contribution < 1.29 is 10.2 Å². The summed E-state index contributed by atoms with van der Waals surface area (Å²) in [5, 5.41) is 18.8. The van der Waals surface area contributed by atoms with Crippen molar-refractivity contribution in [3.8, 4) is 22.9 Å². The highest BCUT2D eigenvalue weighted by molar-refractivity contribution is 9.10. The monoisotopic (exact) mass is 304 g/mol. The summed E-state index contributed by atoms with van der Waals surface area (Å²) in [7, 11) is 0. The maximum Gasteiger partial charge on any atom is 0.145 e. The van der Waals surface area contributed by atoms with E-state index < -0.39 is 0 Å². The van der Waals surface area contributed by atoms with Gasteiger partial charge in [-0.2, -0.15) is 0 Å². The summed E-state index contributed by atoms with van der Waals surface area (Å²) >= 11 is 3.37. The largest absolute Gasteiger partial charge is 0.508 e. The number of fused-ring (bicyclic) bond motifs is 1. The first-order valence-electron chi connectivity index (χ1n) is 5.31. The van der Waals surface area contributed by atoms with Gasteiger partial charge in [-0.05, 0) is 46.3 Å². The fraction of sp³-hybridized carbons (Fsp3) is 0. The van der Waals surface area contributed by atoms with E-state index in [-0.39, 0.29) is 11.5 Å². The molecule has 3 rings (SSSR count). The predicted molar refractivity (Wildman–Crippen MR) is 71.7 cm³/mol. The lowest BCUT2D eigenvalue weighted by Gasteiger charge is -2.01. The van der Waals surface area contributed by atoms with Gasteiger partial charge in [0, 0.05) is 17.8 Å². The van der Waals surface area contributed by atoms with Crippen molar-refractivity contribution in [2.45, 2.75) is 0 Å². The molecule has 2 aromatic heterocycles. The van der Waals surface area contributed by atoms with Crippen molar-refractivity contribution in [1.82, 2.24) is 9.38 Å². The number of phenolic OH excluding ortho intramolecular Hbond substituents is 1. The molecule has 90 valence electrons. The molecule has 2 N–H and O–H groups in total. The van der Waals surface area contributed by atoms with E-state index in [2.05, 4.69) is 20.9 Å². The molecule has 3 aromatic rings. The Hall–Kier alpha value is -2.01. The van der Waals surface area contributed by atoms with Crippen LogP contribution in [-0.4, -0.2) is 19.6 Å². The number of aromatic nitrogens is 2. The van der Waals surface area contributed by atoms with Gasteiger partial charge in [-0.15, -0.1) is 0 Å². The number of hydrogen-bond acceptors (Lipinski definition) is 3. The van der Waals surface area contributed by atoms with E-state index in [0.29, 0.717) is 4.60 Å². The first-order chi connectivity index (χ1) is 8.65. The fourth-order valence-corrected chi connectivity index (χ4v) is 2.32. The number of pyridine rings is 1. The molecule has 0 saturated heterocycles. The van der Waals surface area contributed by atoms with Crippen LogP contribution in [0.25, 0.3) is 16.9 Å². The first-order valence-corrected chi connectivity index (χ1v) is 6.10. The van der Waals surface area contributed by atoms with Gasteiger partial charge in [-0.3, -0.25) is 4.40 Å². The van der Waals surface area contributed by atoms with Gasteiger partial charge in [0.05, 0.1) is 5.52 Å². The Kier molecular flexibility index (Phi) is 2.48. The molecule has 0 fully saturated rings. The molecule has 0 radical (unpaired) electrons. The molecule has 2 heterocycles. The first kappa shape index (κ1) is 11.1. The van der Waals surface area contributed by atoms with Crippen molar-refractivity contribution in [3.63, 3.8) is 0 Å². The van der Waals surface area contributed by atoms with Crippen LogP contribution in [0.2, 0.25) is 0 Å². The molecule has 5 heteroatoms. The van der Waals surface area contributed by atoms with Crippen molar-refractivity contribution >= 4 is 21.4 Å². The molecule has 0 aliphatic rings. The third-order valence-electron chi connectivity index (χ3n) is 2.71. The summed E-state index contributed by atoms with van der Waals surface area (Å²) in [5.41, 5.74) is 1.68. The number of aromatic hydroxyl groups is 2. The van der Waals surface area contributed by atoms with Crippen LogP contribution in [0, 0.1) is 0 Å². The van der Waals surface area contributed by atoms with Gasteiger partial charge in [-0.1, -0.05) is 0 Å². The van der Waals surface area contributed by atoms with Crippen LogP contribution in [0.5, 0.6) is 11.5 Å². The second kappa shape index (κ2) is 4.03. The number of halogens is 1. The van der Waals surface area contributed by atoms with Gasteiger partial charge in [0.2, 0.25) is 0 Å². The second-order valence-corrected chi connectivity index (χ2v) is 4.66. The van der Waals surface area contributed by atoms with E-state index in [4.69, 9.17) is 0 Å². The standard InChI is InChI=1S/C13H9BrN2O2/c14-12-11-7-10(18)5-6-16(11)13(15-12)8-1-3-9(17)4-2-8/h1-7,17-18H. The second-order valence-electron chi connectivity index (χ2n) is 3.91. The highest BCUT2D eigenvalue weighted by Gasteiger charge is 2.11. The Balaban J connectivity index is 2.26. The number of imidazole rings is 1. The summed E-state index contributed by atoms with van der Waals surface area (Å²) in [5.74, 6) is 1.16. The average Bonchev–Trinajstić information content (AvgIpc) is 2.68. The van der Waals surface area contributed by atoms with Crippen molar-refractivity contribution in [2.75, 3.05) is 0 Å². The Morgan fingerprint density at radius 1 is 1.00 bits per heavy atom. The van der Waals surface area contributed by atoms with Crippen molar-refractivity contribution in [3.05, 3.63) is 47.2 Å². The molecule has 0 saturated carbocycles. The van der Waals surface area contributed by atoms with Crippen LogP contribution in [0.15, 0.2) is 47.2 Å². The molecule has 0 spiro atoms. The molecule has 0 amide bonds. The summed E-state index contributed by atoms with van der Waals surface area (Å²) in [6.07, 6.45) is 1.75. The molecular formula is C13H9BrN2O2. The Labute approximate surface area is 111 Å². The smallest absolute Gasteiger partial charge is 0.145 e. The topological polar surface area (TPSA) is 57.8 Å². The minimum absolute atomic E-state index is 0.195. The van der Waals surface area contributed by atoms with Gasteiger partial charge >= 0.3 is 0 Å². The average molecular weight is 305 g/mol. The summed E-state index contributed by atoms with van der Waals surface area (Å²) < 4.78 is 2.54. The Morgan fingerprint density at radius 3 is 2.44 bits per heavy atom. The number of benzene rings is 1. The number of phenols is 1. The summed E-state index contributed by atoms with van der Waals surface area (Å²) in [6.45, 7) is 0. The molecule has 4 nitrogen and oxygen atoms in total. The molecular weight excluding hydrogens is 296 g/mol. The Morgan fingerprint density at radius 2 is 1.72 bits per heavy atom. The van der Waals surface area contributed by atoms with Crippen molar-refractivity contribution in [2.24, 2.45) is 0 Å². The van der Waals surface area contributed by atoms with Crippen LogP contribution >= 0.6 is 15.9 Å². The summed E-state index contributed by atoms with van der Waals surface area (Å²) in [6, 6.07) is 10.1. The quantitative estimate of drug-likeness (QED) is 0.726. The van der Waals surface area contributed by atoms with Gasteiger partial charge in [0.1, 0.15) is 21.9 Å². The maximum atomic E-state index is 9.48. The summed E-state index contributed by atoms with van der Waals surface area (Å²) in [4.78, 5) is 4.42. The van der Waals surface area contributed by atoms with Crippen LogP contribution in [-0.2, 0) is 0 Å². The maximum absolute atomic E-state index is 9.48. The lowest BCUT2D eigenvalue weighted by molar-refractivity contribution is 0.475. The highest BCUT2D eigenvalue weighted by atomic mass is 79.9. The number of hydrogen-bond donors (Lipinski definition) is 2. The van der Waals surface area contributed by atoms with Gasteiger partial charge < -0.3 is 10.2 Å². The van der Waals surface area contributed by atoms with Gasteiger partial charge in [0.25, 0.3) is 0 Å². The molecule has 1 aromatic carbocycles. The van der Waals surface area contributed by atoms with E-state index >= 15 is 0 Å². The normalized spacial score (nSPS) is 10.9. The van der Waals surface area contributed by atoms with Crippen LogP contribution in [0.1, 0.15) is 0 Å². The zero-order valence-corrected chi connectivity index (χ0v) is 10.8. The molecule has 0 unspecified atom stereocenters. The zero-order valence-electron chi connectivity index (χ0n) is 9.21. The lowest BCUT2D eigenvalue weighted by Crippen LogP contribution is -1.88. The highest BCUT2D eigenvalue weighted by Crippen LogP contribution is 2.28. The molecule has 0 bridgehead atoms. The van der Waals surface area contributed by atoms with Crippen molar-refractivity contribution in [1.29, 1.82) is 0 Å². The fourth-order valence-electron chi connectivity index (χ4n) is 1.85.